The van der Waals surface area contributed by atoms with Crippen molar-refractivity contribution in [2.24, 2.45) is 11.8 Å². The molecule has 0 radical (unpaired) electrons. The quantitative estimate of drug-likeness (QED) is 0.897. The number of halogens is 1. The third-order valence-electron chi connectivity index (χ3n) is 2.80. The molecule has 1 aromatic rings. The van der Waals surface area contributed by atoms with E-state index >= 15 is 0 Å². The molecule has 1 amide bonds. The average Bonchev–Trinajstić information content (AvgIpc) is 2.92. The lowest BCUT2D eigenvalue weighted by molar-refractivity contribution is -0.122. The Balaban J connectivity index is 1.85. The molecule has 1 saturated carbocycles. The van der Waals surface area contributed by atoms with Crippen molar-refractivity contribution in [1.29, 1.82) is 0 Å². The molecule has 0 aromatic heterocycles. The molecule has 0 saturated heterocycles. The summed E-state index contributed by atoms with van der Waals surface area (Å²) in [7, 11) is 0. The highest BCUT2D eigenvalue weighted by Crippen LogP contribution is 2.37. The van der Waals surface area contributed by atoms with Gasteiger partial charge in [0.05, 0.1) is 0 Å². The van der Waals surface area contributed by atoms with Crippen molar-refractivity contribution >= 4 is 21.8 Å². The first-order valence-electron chi connectivity index (χ1n) is 5.19. The van der Waals surface area contributed by atoms with Gasteiger partial charge in [-0.3, -0.25) is 4.79 Å². The van der Waals surface area contributed by atoms with Gasteiger partial charge in [0, 0.05) is 16.9 Å². The molecule has 0 spiro atoms. The van der Waals surface area contributed by atoms with Crippen LogP contribution in [0.15, 0.2) is 28.7 Å². The number of benzene rings is 1. The molecule has 80 valence electrons. The van der Waals surface area contributed by atoms with Crippen LogP contribution in [0.25, 0.3) is 0 Å². The zero-order valence-electron chi connectivity index (χ0n) is 8.66. The minimum absolute atomic E-state index is 0.197. The molecular weight excluding hydrogens is 254 g/mol. The molecule has 2 atom stereocenters. The van der Waals surface area contributed by atoms with Gasteiger partial charge in [-0.2, -0.15) is 0 Å². The molecule has 0 aliphatic heterocycles. The fraction of sp³-hybridized carbons (Fsp3) is 0.417. The largest absolute Gasteiger partial charge is 0.352 e. The molecule has 1 fully saturated rings. The minimum atomic E-state index is 0.197. The van der Waals surface area contributed by atoms with Crippen LogP contribution in [0.3, 0.4) is 0 Å². The van der Waals surface area contributed by atoms with Crippen LogP contribution in [0, 0.1) is 11.8 Å². The number of amides is 1. The number of rotatable bonds is 3. The fourth-order valence-electron chi connectivity index (χ4n) is 1.65. The Morgan fingerprint density at radius 2 is 2.33 bits per heavy atom. The molecule has 2 unspecified atom stereocenters. The SMILES string of the molecule is CC1CC1C(=O)NCc1cccc(Br)c1. The number of carbonyl (C=O) groups excluding carboxylic acids is 1. The normalized spacial score (nSPS) is 23.6. The fourth-order valence-corrected chi connectivity index (χ4v) is 2.10. The molecule has 0 bridgehead atoms. The highest BCUT2D eigenvalue weighted by molar-refractivity contribution is 9.10. The maximum atomic E-state index is 11.6. The highest BCUT2D eigenvalue weighted by atomic mass is 79.9. The Labute approximate surface area is 98.2 Å². The van der Waals surface area contributed by atoms with Gasteiger partial charge in [0.25, 0.3) is 0 Å². The predicted molar refractivity (Wildman–Crippen MR) is 63.3 cm³/mol. The molecule has 2 rings (SSSR count). The van der Waals surface area contributed by atoms with E-state index in [1.165, 1.54) is 0 Å². The van der Waals surface area contributed by atoms with Gasteiger partial charge in [-0.15, -0.1) is 0 Å². The maximum Gasteiger partial charge on any atom is 0.223 e. The van der Waals surface area contributed by atoms with Crippen LogP contribution >= 0.6 is 15.9 Å². The number of carbonyl (C=O) groups is 1. The zero-order chi connectivity index (χ0) is 10.8. The number of hydrogen-bond acceptors (Lipinski definition) is 1. The molecule has 15 heavy (non-hydrogen) atoms. The molecule has 3 heteroatoms. The Kier molecular flexibility index (Phi) is 3.10. The molecule has 1 N–H and O–H groups in total. The van der Waals surface area contributed by atoms with Crippen LogP contribution in [0.1, 0.15) is 18.9 Å². The number of hydrogen-bond donors (Lipinski definition) is 1. The second-order valence-corrected chi connectivity index (χ2v) is 5.08. The molecule has 1 aliphatic rings. The third-order valence-corrected chi connectivity index (χ3v) is 3.30. The molecule has 1 aliphatic carbocycles. The van der Waals surface area contributed by atoms with Crippen LogP contribution in [0.5, 0.6) is 0 Å². The van der Waals surface area contributed by atoms with Crippen molar-refractivity contribution in [3.05, 3.63) is 34.3 Å². The monoisotopic (exact) mass is 267 g/mol. The summed E-state index contributed by atoms with van der Waals surface area (Å²) in [5.41, 5.74) is 1.13. The van der Waals surface area contributed by atoms with Gasteiger partial charge in [0.15, 0.2) is 0 Å². The smallest absolute Gasteiger partial charge is 0.223 e. The summed E-state index contributed by atoms with van der Waals surface area (Å²) in [6.45, 7) is 2.74. The number of nitrogens with one attached hydrogen (secondary N) is 1. The minimum Gasteiger partial charge on any atom is -0.352 e. The van der Waals surface area contributed by atoms with Crippen molar-refractivity contribution in [1.82, 2.24) is 5.32 Å². The van der Waals surface area contributed by atoms with Crippen LogP contribution in [-0.4, -0.2) is 5.91 Å². The zero-order valence-corrected chi connectivity index (χ0v) is 10.3. The third kappa shape index (κ3) is 2.81. The second-order valence-electron chi connectivity index (χ2n) is 4.17. The van der Waals surface area contributed by atoms with Gasteiger partial charge in [0.1, 0.15) is 0 Å². The van der Waals surface area contributed by atoms with Crippen LogP contribution < -0.4 is 5.32 Å². The van der Waals surface area contributed by atoms with Crippen molar-refractivity contribution in [3.63, 3.8) is 0 Å². The molecule has 1 aromatic carbocycles. The van der Waals surface area contributed by atoms with Crippen molar-refractivity contribution in [3.8, 4) is 0 Å². The summed E-state index contributed by atoms with van der Waals surface area (Å²) < 4.78 is 1.05. The Morgan fingerprint density at radius 3 is 2.93 bits per heavy atom. The summed E-state index contributed by atoms with van der Waals surface area (Å²) in [5.74, 6) is 1.03. The van der Waals surface area contributed by atoms with E-state index in [2.05, 4.69) is 28.2 Å². The maximum absolute atomic E-state index is 11.6. The van der Waals surface area contributed by atoms with E-state index < -0.39 is 0 Å². The summed E-state index contributed by atoms with van der Waals surface area (Å²) in [6, 6.07) is 8.00. The van der Waals surface area contributed by atoms with Gasteiger partial charge in [-0.25, -0.2) is 0 Å². The second kappa shape index (κ2) is 4.35. The van der Waals surface area contributed by atoms with E-state index in [0.29, 0.717) is 12.5 Å². The van der Waals surface area contributed by atoms with Gasteiger partial charge in [-0.1, -0.05) is 35.0 Å². The molecular formula is C12H14BrNO. The van der Waals surface area contributed by atoms with Crippen molar-refractivity contribution in [2.45, 2.75) is 19.9 Å². The van der Waals surface area contributed by atoms with E-state index in [9.17, 15) is 4.79 Å². The summed E-state index contributed by atoms with van der Waals surface area (Å²) in [5, 5.41) is 2.96. The predicted octanol–water partition coefficient (Wildman–Crippen LogP) is 2.72. The van der Waals surface area contributed by atoms with Crippen LogP contribution in [0.4, 0.5) is 0 Å². The van der Waals surface area contributed by atoms with Gasteiger partial charge < -0.3 is 5.32 Å². The van der Waals surface area contributed by atoms with Crippen LogP contribution in [-0.2, 0) is 11.3 Å². The van der Waals surface area contributed by atoms with Gasteiger partial charge in [0.2, 0.25) is 5.91 Å². The summed E-state index contributed by atoms with van der Waals surface area (Å²) in [4.78, 5) is 11.6. The van der Waals surface area contributed by atoms with E-state index in [1.807, 2.05) is 24.3 Å². The van der Waals surface area contributed by atoms with E-state index in [-0.39, 0.29) is 11.8 Å². The first-order valence-corrected chi connectivity index (χ1v) is 5.98. The first kappa shape index (κ1) is 10.7. The molecule has 0 heterocycles. The lowest BCUT2D eigenvalue weighted by atomic mass is 10.2. The highest BCUT2D eigenvalue weighted by Gasteiger charge is 2.38. The van der Waals surface area contributed by atoms with Crippen molar-refractivity contribution < 1.29 is 4.79 Å². The Bertz CT molecular complexity index is 378. The van der Waals surface area contributed by atoms with E-state index in [4.69, 9.17) is 0 Å². The Morgan fingerprint density at radius 1 is 1.60 bits per heavy atom. The van der Waals surface area contributed by atoms with Gasteiger partial charge in [-0.05, 0) is 30.0 Å². The first-order chi connectivity index (χ1) is 7.16. The standard InChI is InChI=1S/C12H14BrNO/c1-8-5-11(8)12(15)14-7-9-3-2-4-10(13)6-9/h2-4,6,8,11H,5,7H2,1H3,(H,14,15). The van der Waals surface area contributed by atoms with E-state index in [1.54, 1.807) is 0 Å². The lowest BCUT2D eigenvalue weighted by Gasteiger charge is -2.04. The lowest BCUT2D eigenvalue weighted by Crippen LogP contribution is -2.24. The average molecular weight is 268 g/mol. The summed E-state index contributed by atoms with van der Waals surface area (Å²) in [6.07, 6.45) is 1.05. The van der Waals surface area contributed by atoms with Gasteiger partial charge >= 0.3 is 0 Å². The summed E-state index contributed by atoms with van der Waals surface area (Å²) >= 11 is 3.41. The topological polar surface area (TPSA) is 29.1 Å². The van der Waals surface area contributed by atoms with Crippen LogP contribution in [0.2, 0.25) is 0 Å². The Hall–Kier alpha value is -0.830. The van der Waals surface area contributed by atoms with E-state index in [0.717, 1.165) is 16.5 Å². The van der Waals surface area contributed by atoms with Crippen molar-refractivity contribution in [2.75, 3.05) is 0 Å². The molecule has 2 nitrogen and oxygen atoms in total.